The third-order valence-corrected chi connectivity index (χ3v) is 2.59. The second-order valence-electron chi connectivity index (χ2n) is 4.12. The zero-order valence-electron chi connectivity index (χ0n) is 9.95. The number of nitrogens with one attached hydrogen (secondary N) is 2. The molecule has 0 saturated heterocycles. The summed E-state index contributed by atoms with van der Waals surface area (Å²) >= 11 is 0. The highest BCUT2D eigenvalue weighted by Crippen LogP contribution is 2.10. The Hall–Kier alpha value is -2.10. The number of amides is 1. The van der Waals surface area contributed by atoms with E-state index in [2.05, 4.69) is 15.5 Å². The summed E-state index contributed by atoms with van der Waals surface area (Å²) in [6.45, 7) is 3.90. The number of aromatic amines is 1. The number of aromatic nitrogens is 2. The van der Waals surface area contributed by atoms with Gasteiger partial charge in [0.05, 0.1) is 24.0 Å². The number of rotatable bonds is 3. The molecule has 0 aliphatic rings. The Morgan fingerprint density at radius 1 is 1.29 bits per heavy atom. The Bertz CT molecular complexity index is 514. The van der Waals surface area contributed by atoms with Crippen LogP contribution in [0.4, 0.5) is 5.69 Å². The number of carbonyl (C=O) groups is 1. The van der Waals surface area contributed by atoms with Crippen molar-refractivity contribution in [3.8, 4) is 0 Å². The van der Waals surface area contributed by atoms with Crippen molar-refractivity contribution in [2.24, 2.45) is 0 Å². The lowest BCUT2D eigenvalue weighted by atomic mass is 10.1. The zero-order valence-corrected chi connectivity index (χ0v) is 9.95. The number of benzene rings is 1. The lowest BCUT2D eigenvalue weighted by Gasteiger charge is -2.04. The SMILES string of the molecule is Cc1ccc(CC(=O)Nc2cn[nH]c2C)cc1. The van der Waals surface area contributed by atoms with Gasteiger partial charge in [0.25, 0.3) is 0 Å². The fourth-order valence-corrected chi connectivity index (χ4v) is 1.56. The summed E-state index contributed by atoms with van der Waals surface area (Å²) in [5.74, 6) is -0.0293. The monoisotopic (exact) mass is 229 g/mol. The summed E-state index contributed by atoms with van der Waals surface area (Å²) < 4.78 is 0. The van der Waals surface area contributed by atoms with Crippen molar-refractivity contribution in [1.29, 1.82) is 0 Å². The summed E-state index contributed by atoms with van der Waals surface area (Å²) in [5, 5.41) is 9.45. The van der Waals surface area contributed by atoms with E-state index >= 15 is 0 Å². The number of hydrogen-bond acceptors (Lipinski definition) is 2. The number of carbonyl (C=O) groups excluding carboxylic acids is 1. The van der Waals surface area contributed by atoms with E-state index < -0.39 is 0 Å². The number of hydrogen-bond donors (Lipinski definition) is 2. The van der Waals surface area contributed by atoms with Gasteiger partial charge in [-0.3, -0.25) is 9.89 Å². The largest absolute Gasteiger partial charge is 0.323 e. The maximum Gasteiger partial charge on any atom is 0.228 e. The molecular weight excluding hydrogens is 214 g/mol. The van der Waals surface area contributed by atoms with Gasteiger partial charge in [-0.2, -0.15) is 5.10 Å². The molecule has 1 heterocycles. The third kappa shape index (κ3) is 2.93. The standard InChI is InChI=1S/C13H15N3O/c1-9-3-5-11(6-4-9)7-13(17)15-12-8-14-16-10(12)2/h3-6,8H,7H2,1-2H3,(H,14,16)(H,15,17). The smallest absolute Gasteiger partial charge is 0.228 e. The van der Waals surface area contributed by atoms with E-state index in [1.165, 1.54) is 5.56 Å². The Morgan fingerprint density at radius 3 is 2.59 bits per heavy atom. The summed E-state index contributed by atoms with van der Waals surface area (Å²) in [6, 6.07) is 7.95. The van der Waals surface area contributed by atoms with Crippen LogP contribution in [-0.4, -0.2) is 16.1 Å². The molecule has 88 valence electrons. The van der Waals surface area contributed by atoms with Gasteiger partial charge in [0, 0.05) is 0 Å². The molecule has 0 radical (unpaired) electrons. The fraction of sp³-hybridized carbons (Fsp3) is 0.231. The highest BCUT2D eigenvalue weighted by atomic mass is 16.1. The second-order valence-corrected chi connectivity index (χ2v) is 4.12. The first-order valence-corrected chi connectivity index (χ1v) is 5.50. The topological polar surface area (TPSA) is 57.8 Å². The summed E-state index contributed by atoms with van der Waals surface area (Å²) in [5.41, 5.74) is 3.80. The summed E-state index contributed by atoms with van der Waals surface area (Å²) in [4.78, 5) is 11.8. The van der Waals surface area contributed by atoms with Gasteiger partial charge in [-0.1, -0.05) is 29.8 Å². The van der Waals surface area contributed by atoms with Crippen LogP contribution in [0.1, 0.15) is 16.8 Å². The van der Waals surface area contributed by atoms with Crippen molar-refractivity contribution in [2.75, 3.05) is 5.32 Å². The molecular formula is C13H15N3O. The van der Waals surface area contributed by atoms with Crippen LogP contribution in [0, 0.1) is 13.8 Å². The molecule has 0 saturated carbocycles. The lowest BCUT2D eigenvalue weighted by molar-refractivity contribution is -0.115. The van der Waals surface area contributed by atoms with E-state index in [0.29, 0.717) is 6.42 Å². The first-order valence-electron chi connectivity index (χ1n) is 5.50. The third-order valence-electron chi connectivity index (χ3n) is 2.59. The van der Waals surface area contributed by atoms with E-state index in [0.717, 1.165) is 16.9 Å². The Morgan fingerprint density at radius 2 is 2.00 bits per heavy atom. The van der Waals surface area contributed by atoms with Crippen LogP contribution in [0.25, 0.3) is 0 Å². The minimum Gasteiger partial charge on any atom is -0.323 e. The molecule has 1 amide bonds. The lowest BCUT2D eigenvalue weighted by Crippen LogP contribution is -2.14. The first kappa shape index (κ1) is 11.4. The number of H-pyrrole nitrogens is 1. The van der Waals surface area contributed by atoms with Gasteiger partial charge in [0.2, 0.25) is 5.91 Å². The highest BCUT2D eigenvalue weighted by Gasteiger charge is 2.06. The van der Waals surface area contributed by atoms with Crippen molar-refractivity contribution in [1.82, 2.24) is 10.2 Å². The molecule has 0 fully saturated rings. The molecule has 0 bridgehead atoms. The van der Waals surface area contributed by atoms with Crippen LogP contribution in [-0.2, 0) is 11.2 Å². The molecule has 0 aliphatic heterocycles. The molecule has 2 rings (SSSR count). The molecule has 2 aromatic rings. The molecule has 1 aromatic carbocycles. The molecule has 4 heteroatoms. The molecule has 0 spiro atoms. The number of anilines is 1. The van der Waals surface area contributed by atoms with Crippen LogP contribution < -0.4 is 5.32 Å². The van der Waals surface area contributed by atoms with Crippen LogP contribution >= 0.6 is 0 Å². The normalized spacial score (nSPS) is 10.2. The van der Waals surface area contributed by atoms with Crippen molar-refractivity contribution in [2.45, 2.75) is 20.3 Å². The van der Waals surface area contributed by atoms with Gasteiger partial charge in [-0.15, -0.1) is 0 Å². The maximum atomic E-state index is 11.8. The van der Waals surface area contributed by atoms with Crippen molar-refractivity contribution in [3.05, 3.63) is 47.3 Å². The minimum absolute atomic E-state index is 0.0293. The predicted molar refractivity (Wildman–Crippen MR) is 66.8 cm³/mol. The van der Waals surface area contributed by atoms with E-state index in [1.54, 1.807) is 6.20 Å². The van der Waals surface area contributed by atoms with Crippen LogP contribution in [0.3, 0.4) is 0 Å². The fourth-order valence-electron chi connectivity index (χ4n) is 1.56. The molecule has 17 heavy (non-hydrogen) atoms. The average Bonchev–Trinajstić information content (AvgIpc) is 2.68. The van der Waals surface area contributed by atoms with Crippen LogP contribution in [0.5, 0.6) is 0 Å². The van der Waals surface area contributed by atoms with Crippen molar-refractivity contribution >= 4 is 11.6 Å². The minimum atomic E-state index is -0.0293. The van der Waals surface area contributed by atoms with E-state index in [-0.39, 0.29) is 5.91 Å². The molecule has 0 unspecified atom stereocenters. The Labute approximate surface area is 100 Å². The van der Waals surface area contributed by atoms with Gasteiger partial charge >= 0.3 is 0 Å². The van der Waals surface area contributed by atoms with Gasteiger partial charge < -0.3 is 5.32 Å². The summed E-state index contributed by atoms with van der Waals surface area (Å²) in [7, 11) is 0. The highest BCUT2D eigenvalue weighted by molar-refractivity contribution is 5.92. The molecule has 4 nitrogen and oxygen atoms in total. The summed E-state index contributed by atoms with van der Waals surface area (Å²) in [6.07, 6.45) is 1.99. The Balaban J connectivity index is 1.98. The Kier molecular flexibility index (Phi) is 3.23. The van der Waals surface area contributed by atoms with Crippen LogP contribution in [0.15, 0.2) is 30.5 Å². The van der Waals surface area contributed by atoms with Crippen LogP contribution in [0.2, 0.25) is 0 Å². The number of nitrogens with zero attached hydrogens (tertiary/aromatic N) is 1. The molecule has 0 atom stereocenters. The molecule has 1 aromatic heterocycles. The predicted octanol–water partition coefficient (Wildman–Crippen LogP) is 2.21. The van der Waals surface area contributed by atoms with Gasteiger partial charge in [-0.05, 0) is 19.4 Å². The zero-order chi connectivity index (χ0) is 12.3. The quantitative estimate of drug-likeness (QED) is 0.847. The van der Waals surface area contributed by atoms with Gasteiger partial charge in [0.1, 0.15) is 0 Å². The van der Waals surface area contributed by atoms with E-state index in [4.69, 9.17) is 0 Å². The molecule has 0 aliphatic carbocycles. The average molecular weight is 229 g/mol. The van der Waals surface area contributed by atoms with Gasteiger partial charge in [-0.25, -0.2) is 0 Å². The number of aryl methyl sites for hydroxylation is 2. The second kappa shape index (κ2) is 4.82. The van der Waals surface area contributed by atoms with Crippen molar-refractivity contribution < 1.29 is 4.79 Å². The maximum absolute atomic E-state index is 11.8. The van der Waals surface area contributed by atoms with Gasteiger partial charge in [0.15, 0.2) is 0 Å². The van der Waals surface area contributed by atoms with E-state index in [1.807, 2.05) is 38.1 Å². The molecule has 2 N–H and O–H groups in total. The van der Waals surface area contributed by atoms with Crippen molar-refractivity contribution in [3.63, 3.8) is 0 Å². The first-order chi connectivity index (χ1) is 8.15. The van der Waals surface area contributed by atoms with E-state index in [9.17, 15) is 4.79 Å².